The maximum atomic E-state index is 12.9. The van der Waals surface area contributed by atoms with Gasteiger partial charge in [0.15, 0.2) is 5.76 Å². The quantitative estimate of drug-likeness (QED) is 0.506. The van der Waals surface area contributed by atoms with Gasteiger partial charge in [0.25, 0.3) is 17.4 Å². The van der Waals surface area contributed by atoms with Gasteiger partial charge in [0, 0.05) is 7.05 Å². The first-order valence-corrected chi connectivity index (χ1v) is 10.3. The highest BCUT2D eigenvalue weighted by molar-refractivity contribution is 7.18. The van der Waals surface area contributed by atoms with Crippen molar-refractivity contribution in [3.8, 4) is 0 Å². The van der Waals surface area contributed by atoms with Gasteiger partial charge in [-0.25, -0.2) is 4.98 Å². The molecule has 8 nitrogen and oxygen atoms in total. The normalized spacial score (nSPS) is 11.0. The number of anilines is 1. The van der Waals surface area contributed by atoms with Crippen molar-refractivity contribution in [2.24, 2.45) is 0 Å². The highest BCUT2D eigenvalue weighted by Crippen LogP contribution is 2.28. The molecular weight excluding hydrogens is 412 g/mol. The predicted molar refractivity (Wildman–Crippen MR) is 112 cm³/mol. The third kappa shape index (κ3) is 3.84. The Morgan fingerprint density at radius 2 is 2.17 bits per heavy atom. The first-order chi connectivity index (χ1) is 13.9. The summed E-state index contributed by atoms with van der Waals surface area (Å²) >= 11 is 2.51. The Balaban J connectivity index is 1.50. The molecule has 0 fully saturated rings. The summed E-state index contributed by atoms with van der Waals surface area (Å²) in [6.45, 7) is 1.96. The molecule has 0 saturated heterocycles. The Morgan fingerprint density at radius 1 is 1.34 bits per heavy atom. The van der Waals surface area contributed by atoms with Crippen LogP contribution in [-0.4, -0.2) is 33.7 Å². The van der Waals surface area contributed by atoms with E-state index in [0.29, 0.717) is 25.9 Å². The number of furan rings is 1. The number of nitrogens with zero attached hydrogens (tertiary/aromatic N) is 2. The molecule has 2 amide bonds. The molecule has 4 aromatic heterocycles. The highest BCUT2D eigenvalue weighted by atomic mass is 32.1. The van der Waals surface area contributed by atoms with Crippen LogP contribution in [0.25, 0.3) is 10.2 Å². The number of H-pyrrole nitrogens is 1. The predicted octanol–water partition coefficient (Wildman–Crippen LogP) is 3.47. The van der Waals surface area contributed by atoms with Crippen molar-refractivity contribution < 1.29 is 14.0 Å². The number of nitrogens with one attached hydrogen (secondary N) is 2. The van der Waals surface area contributed by atoms with Gasteiger partial charge in [-0.2, -0.15) is 0 Å². The van der Waals surface area contributed by atoms with Gasteiger partial charge >= 0.3 is 0 Å². The maximum Gasteiger partial charge on any atom is 0.291 e. The van der Waals surface area contributed by atoms with Crippen molar-refractivity contribution in [2.45, 2.75) is 13.5 Å². The van der Waals surface area contributed by atoms with E-state index < -0.39 is 0 Å². The summed E-state index contributed by atoms with van der Waals surface area (Å²) in [4.78, 5) is 46.2. The van der Waals surface area contributed by atoms with Crippen LogP contribution in [0.4, 0.5) is 5.00 Å². The molecule has 0 aliphatic rings. The summed E-state index contributed by atoms with van der Waals surface area (Å²) in [5.74, 6) is 0.00529. The van der Waals surface area contributed by atoms with E-state index >= 15 is 0 Å². The molecule has 4 heterocycles. The molecule has 148 valence electrons. The molecule has 2 N–H and O–H groups in total. The lowest BCUT2D eigenvalue weighted by Crippen LogP contribution is -2.28. The second-order valence-electron chi connectivity index (χ2n) is 6.36. The summed E-state index contributed by atoms with van der Waals surface area (Å²) in [7, 11) is 1.64. The zero-order valence-corrected chi connectivity index (χ0v) is 17.1. The van der Waals surface area contributed by atoms with Gasteiger partial charge in [-0.15, -0.1) is 22.7 Å². The molecule has 0 saturated carbocycles. The molecule has 0 bridgehead atoms. The van der Waals surface area contributed by atoms with E-state index in [9.17, 15) is 14.4 Å². The fourth-order valence-corrected chi connectivity index (χ4v) is 4.59. The Morgan fingerprint density at radius 3 is 2.93 bits per heavy atom. The Kier molecular flexibility index (Phi) is 5.03. The number of aryl methyl sites for hydroxylation is 1. The maximum absolute atomic E-state index is 12.9. The third-order valence-corrected chi connectivity index (χ3v) is 6.23. The van der Waals surface area contributed by atoms with Crippen LogP contribution >= 0.6 is 22.7 Å². The largest absolute Gasteiger partial charge is 0.459 e. The smallest absolute Gasteiger partial charge is 0.291 e. The zero-order valence-electron chi connectivity index (χ0n) is 15.5. The SMILES string of the molecule is Cc1cc(NC(=O)c2ccco2)sc1C(=O)N(C)Cc1nc2ccsc2c(=O)[nH]1. The molecule has 0 radical (unpaired) electrons. The molecule has 0 aliphatic heterocycles. The van der Waals surface area contributed by atoms with Crippen LogP contribution in [0.2, 0.25) is 0 Å². The number of aromatic nitrogens is 2. The Hall–Kier alpha value is -3.24. The monoisotopic (exact) mass is 428 g/mol. The number of aromatic amines is 1. The van der Waals surface area contributed by atoms with Crippen LogP contribution in [0.5, 0.6) is 0 Å². The van der Waals surface area contributed by atoms with E-state index in [1.807, 2.05) is 0 Å². The van der Waals surface area contributed by atoms with Crippen molar-refractivity contribution >= 4 is 49.7 Å². The Labute approximate surface area is 172 Å². The lowest BCUT2D eigenvalue weighted by molar-refractivity contribution is 0.0785. The van der Waals surface area contributed by atoms with Crippen molar-refractivity contribution in [2.75, 3.05) is 12.4 Å². The van der Waals surface area contributed by atoms with Crippen molar-refractivity contribution in [1.82, 2.24) is 14.9 Å². The molecule has 29 heavy (non-hydrogen) atoms. The van der Waals surface area contributed by atoms with Crippen LogP contribution in [-0.2, 0) is 6.54 Å². The van der Waals surface area contributed by atoms with Crippen molar-refractivity contribution in [3.05, 3.63) is 68.3 Å². The average molecular weight is 428 g/mol. The fourth-order valence-electron chi connectivity index (χ4n) is 2.80. The Bertz CT molecular complexity index is 1250. The highest BCUT2D eigenvalue weighted by Gasteiger charge is 2.20. The lowest BCUT2D eigenvalue weighted by Gasteiger charge is -2.16. The number of hydrogen-bond donors (Lipinski definition) is 2. The second kappa shape index (κ2) is 7.64. The molecule has 0 spiro atoms. The standard InChI is InChI=1S/C19H16N4O4S2/c1-10-8-14(22-17(24)12-4-3-6-27-12)29-15(10)19(26)23(2)9-13-20-11-5-7-28-16(11)18(25)21-13/h3-8H,9H2,1-2H3,(H,22,24)(H,20,21,25). The molecule has 0 atom stereocenters. The van der Waals surface area contributed by atoms with Gasteiger partial charge in [-0.05, 0) is 42.1 Å². The summed E-state index contributed by atoms with van der Waals surface area (Å²) in [6, 6.07) is 6.71. The van der Waals surface area contributed by atoms with E-state index in [4.69, 9.17) is 4.42 Å². The summed E-state index contributed by atoms with van der Waals surface area (Å²) in [5, 5.41) is 5.08. The van der Waals surface area contributed by atoms with Gasteiger partial charge in [-0.1, -0.05) is 0 Å². The van der Waals surface area contributed by atoms with E-state index in [1.54, 1.807) is 43.6 Å². The second-order valence-corrected chi connectivity index (χ2v) is 8.33. The first kappa shape index (κ1) is 19.1. The van der Waals surface area contributed by atoms with Gasteiger partial charge in [0.05, 0.1) is 28.2 Å². The molecule has 0 aromatic carbocycles. The number of rotatable bonds is 5. The van der Waals surface area contributed by atoms with Gasteiger partial charge in [0.2, 0.25) is 0 Å². The number of carbonyl (C=O) groups excluding carboxylic acids is 2. The molecule has 0 aliphatic carbocycles. The molecule has 0 unspecified atom stereocenters. The van der Waals surface area contributed by atoms with Gasteiger partial charge < -0.3 is 19.6 Å². The molecule has 4 aromatic rings. The van der Waals surface area contributed by atoms with E-state index in [-0.39, 0.29) is 29.7 Å². The minimum atomic E-state index is -0.380. The fraction of sp³-hybridized carbons (Fsp3) is 0.158. The minimum Gasteiger partial charge on any atom is -0.459 e. The van der Waals surface area contributed by atoms with Crippen LogP contribution in [0.1, 0.15) is 31.6 Å². The van der Waals surface area contributed by atoms with Crippen molar-refractivity contribution in [1.29, 1.82) is 0 Å². The topological polar surface area (TPSA) is 108 Å². The lowest BCUT2D eigenvalue weighted by atomic mass is 10.2. The number of carbonyl (C=O) groups is 2. The number of fused-ring (bicyclic) bond motifs is 1. The van der Waals surface area contributed by atoms with Crippen LogP contribution in [0, 0.1) is 6.92 Å². The first-order valence-electron chi connectivity index (χ1n) is 8.59. The van der Waals surface area contributed by atoms with E-state index in [2.05, 4.69) is 15.3 Å². The average Bonchev–Trinajstić information content (AvgIpc) is 3.41. The zero-order chi connectivity index (χ0) is 20.5. The van der Waals surface area contributed by atoms with E-state index in [1.165, 1.54) is 33.8 Å². The molecule has 4 rings (SSSR count). The summed E-state index contributed by atoms with van der Waals surface area (Å²) < 4.78 is 5.64. The van der Waals surface area contributed by atoms with Gasteiger partial charge in [-0.3, -0.25) is 14.4 Å². The number of hydrogen-bond acceptors (Lipinski definition) is 7. The van der Waals surface area contributed by atoms with Crippen molar-refractivity contribution in [3.63, 3.8) is 0 Å². The molecular formula is C19H16N4O4S2. The van der Waals surface area contributed by atoms with Gasteiger partial charge in [0.1, 0.15) is 10.5 Å². The van der Waals surface area contributed by atoms with Crippen LogP contribution < -0.4 is 10.9 Å². The minimum absolute atomic E-state index is 0.158. The van der Waals surface area contributed by atoms with E-state index in [0.717, 1.165) is 5.56 Å². The summed E-state index contributed by atoms with van der Waals surface area (Å²) in [6.07, 6.45) is 1.42. The van der Waals surface area contributed by atoms with Crippen LogP contribution in [0.15, 0.2) is 45.1 Å². The molecule has 10 heteroatoms. The number of amides is 2. The summed E-state index contributed by atoms with van der Waals surface area (Å²) in [5.41, 5.74) is 1.15. The number of thiophene rings is 2. The third-order valence-electron chi connectivity index (χ3n) is 4.19. The van der Waals surface area contributed by atoms with Crippen LogP contribution in [0.3, 0.4) is 0 Å².